The Balaban J connectivity index is 1.09. The van der Waals surface area contributed by atoms with E-state index in [2.05, 4.69) is 162 Å². The van der Waals surface area contributed by atoms with Crippen LogP contribution in [0.3, 0.4) is 0 Å². The first-order valence-corrected chi connectivity index (χ1v) is 21.8. The van der Waals surface area contributed by atoms with Gasteiger partial charge >= 0.3 is 0 Å². The van der Waals surface area contributed by atoms with Gasteiger partial charge in [0.05, 0.1) is 22.1 Å². The summed E-state index contributed by atoms with van der Waals surface area (Å²) >= 11 is 0. The van der Waals surface area contributed by atoms with Crippen LogP contribution in [0.25, 0.3) is 138 Å². The van der Waals surface area contributed by atoms with E-state index in [-0.39, 0.29) is 0 Å². The number of aromatic nitrogens is 4. The van der Waals surface area contributed by atoms with Crippen LogP contribution in [-0.4, -0.2) is 19.5 Å². The summed E-state index contributed by atoms with van der Waals surface area (Å²) in [6.07, 6.45) is 0. The fraction of sp³-hybridized carbons (Fsp3) is 0. The second-order valence-electron chi connectivity index (χ2n) is 16.8. The van der Waals surface area contributed by atoms with Gasteiger partial charge in [0.1, 0.15) is 22.3 Å². The normalized spacial score (nSPS) is 12.0. The lowest BCUT2D eigenvalue weighted by Crippen LogP contribution is -2.02. The number of hydrogen-bond acceptors (Lipinski definition) is 5. The van der Waals surface area contributed by atoms with Gasteiger partial charge in [-0.3, -0.25) is 0 Å². The van der Waals surface area contributed by atoms with Crippen molar-refractivity contribution in [3.8, 4) is 51.0 Å². The third kappa shape index (κ3) is 5.57. The van der Waals surface area contributed by atoms with Gasteiger partial charge in [-0.25, -0.2) is 15.0 Å². The molecule has 0 aliphatic heterocycles. The van der Waals surface area contributed by atoms with Crippen molar-refractivity contribution in [3.63, 3.8) is 0 Å². The van der Waals surface area contributed by atoms with Crippen LogP contribution < -0.4 is 0 Å². The first kappa shape index (κ1) is 35.7. The number of benzene rings is 10. The van der Waals surface area contributed by atoms with E-state index in [1.165, 1.54) is 32.3 Å². The Kier molecular flexibility index (Phi) is 7.59. The Morgan fingerprint density at radius 2 is 0.815 bits per heavy atom. The van der Waals surface area contributed by atoms with Crippen molar-refractivity contribution >= 4 is 87.2 Å². The van der Waals surface area contributed by atoms with E-state index in [4.69, 9.17) is 23.8 Å². The lowest BCUT2D eigenvalue weighted by Gasteiger charge is -2.14. The van der Waals surface area contributed by atoms with E-state index in [1.54, 1.807) is 0 Å². The maximum atomic E-state index is 6.81. The van der Waals surface area contributed by atoms with Gasteiger partial charge in [0, 0.05) is 43.6 Å². The van der Waals surface area contributed by atoms with Crippen LogP contribution in [0.5, 0.6) is 0 Å². The SMILES string of the molecule is c1ccc(-c2cccc(-c3nc(-c4cc(-n5c6cc7ccccc7cc6c6cc7ccccc7cc65)c5c(c4)oc4ccccc45)nc(-c4cccc5oc6ccccc6c45)n3)c2)cc1. The second-order valence-corrected chi connectivity index (χ2v) is 16.8. The summed E-state index contributed by atoms with van der Waals surface area (Å²) in [7, 11) is 0. The molecule has 14 aromatic rings. The molecule has 0 spiro atoms. The van der Waals surface area contributed by atoms with Crippen LogP contribution in [0.1, 0.15) is 0 Å². The lowest BCUT2D eigenvalue weighted by atomic mass is 10.0. The first-order valence-electron chi connectivity index (χ1n) is 21.8. The summed E-state index contributed by atoms with van der Waals surface area (Å²) < 4.78 is 15.6. The Morgan fingerprint density at radius 3 is 1.51 bits per heavy atom. The molecule has 65 heavy (non-hydrogen) atoms. The zero-order valence-electron chi connectivity index (χ0n) is 34.7. The van der Waals surface area contributed by atoms with Crippen molar-refractivity contribution in [1.82, 2.24) is 19.5 Å². The lowest BCUT2D eigenvalue weighted by molar-refractivity contribution is 0.668. The molecule has 4 heterocycles. The first-order chi connectivity index (χ1) is 32.2. The molecule has 6 nitrogen and oxygen atoms in total. The van der Waals surface area contributed by atoms with Gasteiger partial charge in [-0.2, -0.15) is 0 Å². The van der Waals surface area contributed by atoms with Crippen LogP contribution in [0.4, 0.5) is 0 Å². The van der Waals surface area contributed by atoms with Crippen molar-refractivity contribution < 1.29 is 8.83 Å². The number of rotatable bonds is 5. The topological polar surface area (TPSA) is 69.9 Å². The maximum Gasteiger partial charge on any atom is 0.164 e. The average molecular weight is 831 g/mol. The summed E-state index contributed by atoms with van der Waals surface area (Å²) in [6, 6.07) is 72.2. The van der Waals surface area contributed by atoms with Crippen LogP contribution in [0.2, 0.25) is 0 Å². The summed E-state index contributed by atoms with van der Waals surface area (Å²) in [5, 5.41) is 11.1. The highest BCUT2D eigenvalue weighted by molar-refractivity contribution is 6.19. The van der Waals surface area contributed by atoms with E-state index >= 15 is 0 Å². The molecule has 0 saturated heterocycles. The zero-order chi connectivity index (χ0) is 42.6. The summed E-state index contributed by atoms with van der Waals surface area (Å²) in [5.41, 5.74) is 11.1. The molecule has 0 bridgehead atoms. The summed E-state index contributed by atoms with van der Waals surface area (Å²) in [5.74, 6) is 1.64. The summed E-state index contributed by atoms with van der Waals surface area (Å²) in [6.45, 7) is 0. The van der Waals surface area contributed by atoms with Crippen molar-refractivity contribution in [2.45, 2.75) is 0 Å². The Hall–Kier alpha value is -8.87. The Bertz CT molecular complexity index is 4160. The standard InChI is InChI=1S/C59H34N4O2/c1-2-14-35(15-3-1)36-20-12-21-41(28-36)57-60-58(62-59(61-57)45-24-13-27-53-55(45)43-22-8-10-25-51(43)64-53)42-33-50(56-44-23-9-11-26-52(44)65-54(56)34-42)63-48-31-39-18-6-4-16-37(39)29-46(48)47-30-38-17-5-7-19-40(38)32-49(47)63/h1-34H. The Labute approximate surface area is 371 Å². The molecule has 0 unspecified atom stereocenters. The molecule has 4 aromatic heterocycles. The van der Waals surface area contributed by atoms with Gasteiger partial charge in [0.2, 0.25) is 0 Å². The predicted molar refractivity (Wildman–Crippen MR) is 265 cm³/mol. The van der Waals surface area contributed by atoms with Crippen molar-refractivity contribution in [2.75, 3.05) is 0 Å². The molecule has 0 radical (unpaired) electrons. The molecule has 302 valence electrons. The van der Waals surface area contributed by atoms with E-state index in [0.717, 1.165) is 88.4 Å². The van der Waals surface area contributed by atoms with Crippen molar-refractivity contribution in [1.29, 1.82) is 0 Å². The highest BCUT2D eigenvalue weighted by atomic mass is 16.3. The molecule has 0 fully saturated rings. The van der Waals surface area contributed by atoms with E-state index in [9.17, 15) is 0 Å². The van der Waals surface area contributed by atoms with Gasteiger partial charge in [-0.15, -0.1) is 0 Å². The fourth-order valence-electron chi connectivity index (χ4n) is 9.97. The molecular formula is C59H34N4O2. The van der Waals surface area contributed by atoms with Gasteiger partial charge < -0.3 is 13.4 Å². The van der Waals surface area contributed by atoms with Crippen LogP contribution >= 0.6 is 0 Å². The third-order valence-corrected chi connectivity index (χ3v) is 13.0. The molecule has 0 atom stereocenters. The third-order valence-electron chi connectivity index (χ3n) is 13.0. The number of fused-ring (bicyclic) bond motifs is 11. The smallest absolute Gasteiger partial charge is 0.164 e. The van der Waals surface area contributed by atoms with Gasteiger partial charge in [-0.05, 0) is 93.3 Å². The minimum absolute atomic E-state index is 0.528. The molecule has 0 N–H and O–H groups in total. The number of hydrogen-bond donors (Lipinski definition) is 0. The van der Waals surface area contributed by atoms with E-state index < -0.39 is 0 Å². The maximum absolute atomic E-state index is 6.81. The molecule has 0 aliphatic rings. The minimum atomic E-state index is 0.528. The molecule has 0 aliphatic carbocycles. The highest BCUT2D eigenvalue weighted by Gasteiger charge is 2.23. The summed E-state index contributed by atoms with van der Waals surface area (Å²) in [4.78, 5) is 16.0. The fourth-order valence-corrected chi connectivity index (χ4v) is 9.97. The number of nitrogens with zero attached hydrogens (tertiary/aromatic N) is 4. The number of furan rings is 2. The van der Waals surface area contributed by atoms with Crippen molar-refractivity contribution in [3.05, 3.63) is 206 Å². The zero-order valence-corrected chi connectivity index (χ0v) is 34.7. The molecule has 0 amide bonds. The molecule has 14 rings (SSSR count). The Morgan fingerprint density at radius 1 is 0.308 bits per heavy atom. The minimum Gasteiger partial charge on any atom is -0.456 e. The predicted octanol–water partition coefficient (Wildman–Crippen LogP) is 15.7. The van der Waals surface area contributed by atoms with Gasteiger partial charge in [-0.1, -0.05) is 146 Å². The van der Waals surface area contributed by atoms with Gasteiger partial charge in [0.25, 0.3) is 0 Å². The molecular weight excluding hydrogens is 797 g/mol. The second kappa shape index (κ2) is 13.8. The molecule has 0 saturated carbocycles. The quantitative estimate of drug-likeness (QED) is 0.173. The van der Waals surface area contributed by atoms with Crippen molar-refractivity contribution in [2.24, 2.45) is 0 Å². The van der Waals surface area contributed by atoms with Crippen LogP contribution in [0.15, 0.2) is 215 Å². The largest absolute Gasteiger partial charge is 0.456 e. The average Bonchev–Trinajstić information content (AvgIpc) is 4.04. The highest BCUT2D eigenvalue weighted by Crippen LogP contribution is 2.44. The van der Waals surface area contributed by atoms with Crippen LogP contribution in [-0.2, 0) is 0 Å². The van der Waals surface area contributed by atoms with E-state index in [1.807, 2.05) is 48.5 Å². The van der Waals surface area contributed by atoms with Crippen LogP contribution in [0, 0.1) is 0 Å². The van der Waals surface area contributed by atoms with Gasteiger partial charge in [0.15, 0.2) is 17.5 Å². The van der Waals surface area contributed by atoms with E-state index in [0.29, 0.717) is 17.5 Å². The molecule has 6 heteroatoms. The monoisotopic (exact) mass is 830 g/mol. The molecule has 10 aromatic carbocycles. The number of para-hydroxylation sites is 2.